The average Bonchev–Trinajstić information content (AvgIpc) is 3.35. The van der Waals surface area contributed by atoms with E-state index in [-0.39, 0.29) is 29.3 Å². The van der Waals surface area contributed by atoms with Gasteiger partial charge in [-0.25, -0.2) is 13.8 Å². The summed E-state index contributed by atoms with van der Waals surface area (Å²) in [6.07, 6.45) is 3.22. The zero-order valence-electron chi connectivity index (χ0n) is 19.4. The molecular weight excluding hydrogens is 460 g/mol. The lowest BCUT2D eigenvalue weighted by atomic mass is 9.91. The SMILES string of the molecule is Cc1nn(C)cc1C(CO)(CO)NC(=O)c1c(C)nc2c(OCc3c(F)cccc3F)cccn12. The molecule has 184 valence electrons. The number of halogens is 2. The molecule has 4 aromatic rings. The van der Waals surface area contributed by atoms with Gasteiger partial charge in [0.25, 0.3) is 5.91 Å². The zero-order valence-corrected chi connectivity index (χ0v) is 19.4. The molecule has 3 N–H and O–H groups in total. The number of ether oxygens (including phenoxy) is 1. The van der Waals surface area contributed by atoms with Gasteiger partial charge in [0.1, 0.15) is 29.5 Å². The number of hydrogen-bond donors (Lipinski definition) is 3. The predicted octanol–water partition coefficient (Wildman–Crippen LogP) is 2.15. The van der Waals surface area contributed by atoms with Crippen LogP contribution in [0.25, 0.3) is 5.65 Å². The Morgan fingerprint density at radius 3 is 2.40 bits per heavy atom. The van der Waals surface area contributed by atoms with E-state index in [4.69, 9.17) is 4.74 Å². The Kier molecular flexibility index (Phi) is 6.55. The standard InChI is InChI=1S/C24H25F2N5O4/c1-14-17(10-30(3)29-14)24(12-32,13-33)28-23(34)21-15(2)27-22-20(8-5-9-31(21)22)35-11-16-18(25)6-4-7-19(16)26/h4-10,32-33H,11-13H2,1-3H3,(H,28,34). The van der Waals surface area contributed by atoms with Crippen LogP contribution in [0.15, 0.2) is 42.7 Å². The molecule has 0 atom stereocenters. The second kappa shape index (κ2) is 9.43. The van der Waals surface area contributed by atoms with Crippen molar-refractivity contribution in [2.24, 2.45) is 7.05 Å². The van der Waals surface area contributed by atoms with E-state index in [9.17, 15) is 23.8 Å². The number of aromatic nitrogens is 4. The number of amides is 1. The third kappa shape index (κ3) is 4.35. The number of nitrogens with zero attached hydrogens (tertiary/aromatic N) is 4. The van der Waals surface area contributed by atoms with Gasteiger partial charge in [0, 0.05) is 25.0 Å². The van der Waals surface area contributed by atoms with Gasteiger partial charge in [-0.3, -0.25) is 13.9 Å². The van der Waals surface area contributed by atoms with E-state index >= 15 is 0 Å². The first-order valence-corrected chi connectivity index (χ1v) is 10.8. The molecule has 0 spiro atoms. The van der Waals surface area contributed by atoms with Crippen LogP contribution in [0.4, 0.5) is 8.78 Å². The highest BCUT2D eigenvalue weighted by Crippen LogP contribution is 2.27. The highest BCUT2D eigenvalue weighted by molar-refractivity contribution is 5.95. The topological polar surface area (TPSA) is 114 Å². The highest BCUT2D eigenvalue weighted by Gasteiger charge is 2.37. The van der Waals surface area contributed by atoms with Crippen LogP contribution in [-0.2, 0) is 19.2 Å². The Hall–Kier alpha value is -3.83. The number of hydrogen-bond acceptors (Lipinski definition) is 6. The summed E-state index contributed by atoms with van der Waals surface area (Å²) in [6.45, 7) is 1.82. The number of rotatable bonds is 8. The number of nitrogens with one attached hydrogen (secondary N) is 1. The van der Waals surface area contributed by atoms with Gasteiger partial charge >= 0.3 is 0 Å². The molecule has 0 saturated carbocycles. The normalized spacial score (nSPS) is 11.7. The van der Waals surface area contributed by atoms with Crippen LogP contribution < -0.4 is 10.1 Å². The van der Waals surface area contributed by atoms with Gasteiger partial charge < -0.3 is 20.3 Å². The number of benzene rings is 1. The monoisotopic (exact) mass is 485 g/mol. The fraction of sp³-hybridized carbons (Fsp3) is 0.292. The van der Waals surface area contributed by atoms with Crippen molar-refractivity contribution in [3.05, 3.63) is 82.6 Å². The summed E-state index contributed by atoms with van der Waals surface area (Å²) in [6, 6.07) is 6.73. The third-order valence-electron chi connectivity index (χ3n) is 5.86. The molecule has 0 radical (unpaired) electrons. The fourth-order valence-electron chi connectivity index (χ4n) is 4.08. The van der Waals surface area contributed by atoms with E-state index in [1.807, 2.05) is 0 Å². The minimum absolute atomic E-state index is 0.148. The van der Waals surface area contributed by atoms with Crippen molar-refractivity contribution in [3.8, 4) is 5.75 Å². The summed E-state index contributed by atoms with van der Waals surface area (Å²) in [7, 11) is 1.70. The average molecular weight is 485 g/mol. The maximum absolute atomic E-state index is 14.0. The second-order valence-electron chi connectivity index (χ2n) is 8.26. The molecule has 9 nitrogen and oxygen atoms in total. The van der Waals surface area contributed by atoms with Gasteiger partial charge in [0.15, 0.2) is 11.4 Å². The van der Waals surface area contributed by atoms with Crippen molar-refractivity contribution in [1.29, 1.82) is 0 Å². The van der Waals surface area contributed by atoms with Crippen molar-refractivity contribution in [1.82, 2.24) is 24.5 Å². The molecule has 11 heteroatoms. The van der Waals surface area contributed by atoms with E-state index in [0.29, 0.717) is 17.0 Å². The molecule has 0 bridgehead atoms. The van der Waals surface area contributed by atoms with Crippen LogP contribution in [0.5, 0.6) is 5.75 Å². The summed E-state index contributed by atoms with van der Waals surface area (Å²) in [5, 5.41) is 27.3. The summed E-state index contributed by atoms with van der Waals surface area (Å²) < 4.78 is 36.7. The van der Waals surface area contributed by atoms with Gasteiger partial charge in [-0.15, -0.1) is 0 Å². The van der Waals surface area contributed by atoms with Crippen molar-refractivity contribution in [2.45, 2.75) is 26.0 Å². The van der Waals surface area contributed by atoms with Crippen LogP contribution >= 0.6 is 0 Å². The number of aliphatic hydroxyl groups is 2. The Bertz CT molecular complexity index is 1370. The first-order valence-electron chi connectivity index (χ1n) is 10.8. The van der Waals surface area contributed by atoms with Crippen molar-refractivity contribution in [3.63, 3.8) is 0 Å². The molecule has 35 heavy (non-hydrogen) atoms. The van der Waals surface area contributed by atoms with Gasteiger partial charge in [-0.05, 0) is 38.1 Å². The summed E-state index contributed by atoms with van der Waals surface area (Å²) in [5.41, 5.74) is 0.0743. The van der Waals surface area contributed by atoms with Gasteiger partial charge in [0.2, 0.25) is 0 Å². The second-order valence-corrected chi connectivity index (χ2v) is 8.26. The van der Waals surface area contributed by atoms with Crippen LogP contribution in [0.2, 0.25) is 0 Å². The molecule has 0 aliphatic heterocycles. The maximum Gasteiger partial charge on any atom is 0.271 e. The van der Waals surface area contributed by atoms with Crippen molar-refractivity contribution < 1.29 is 28.5 Å². The first-order chi connectivity index (χ1) is 16.7. The lowest BCUT2D eigenvalue weighted by molar-refractivity contribution is 0.0650. The molecule has 0 saturated heterocycles. The molecule has 0 aliphatic rings. The molecule has 0 fully saturated rings. The smallest absolute Gasteiger partial charge is 0.271 e. The molecule has 3 aromatic heterocycles. The van der Waals surface area contributed by atoms with Gasteiger partial charge in [-0.2, -0.15) is 5.10 Å². The van der Waals surface area contributed by atoms with Crippen LogP contribution in [-0.4, -0.2) is 48.5 Å². The number of carbonyl (C=O) groups excluding carboxylic acids is 1. The Balaban J connectivity index is 1.68. The molecule has 0 unspecified atom stereocenters. The van der Waals surface area contributed by atoms with Crippen LogP contribution in [0.3, 0.4) is 0 Å². The quantitative estimate of drug-likeness (QED) is 0.353. The van der Waals surface area contributed by atoms with Crippen molar-refractivity contribution >= 4 is 11.6 Å². The Morgan fingerprint density at radius 2 is 1.80 bits per heavy atom. The van der Waals surface area contributed by atoms with E-state index < -0.39 is 36.3 Å². The number of aliphatic hydroxyl groups excluding tert-OH is 2. The van der Waals surface area contributed by atoms with Crippen molar-refractivity contribution in [2.75, 3.05) is 13.2 Å². The van der Waals surface area contributed by atoms with E-state index in [2.05, 4.69) is 15.4 Å². The maximum atomic E-state index is 14.0. The van der Waals surface area contributed by atoms with E-state index in [0.717, 1.165) is 12.1 Å². The molecule has 0 aliphatic carbocycles. The number of fused-ring (bicyclic) bond motifs is 1. The van der Waals surface area contributed by atoms with Crippen LogP contribution in [0.1, 0.15) is 33.0 Å². The van der Waals surface area contributed by atoms with Gasteiger partial charge in [-0.1, -0.05) is 6.07 Å². The summed E-state index contributed by atoms with van der Waals surface area (Å²) in [5.74, 6) is -1.84. The van der Waals surface area contributed by atoms with E-state index in [1.54, 1.807) is 45.4 Å². The molecule has 1 aromatic carbocycles. The minimum atomic E-state index is -1.48. The number of pyridine rings is 1. The predicted molar refractivity (Wildman–Crippen MR) is 122 cm³/mol. The van der Waals surface area contributed by atoms with Gasteiger partial charge in [0.05, 0.1) is 30.2 Å². The summed E-state index contributed by atoms with van der Waals surface area (Å²) in [4.78, 5) is 17.8. The Morgan fingerprint density at radius 1 is 1.11 bits per heavy atom. The number of imidazole rings is 1. The highest BCUT2D eigenvalue weighted by atomic mass is 19.1. The number of carbonyl (C=O) groups is 1. The molecular formula is C24H25F2N5O4. The fourth-order valence-corrected chi connectivity index (χ4v) is 4.08. The largest absolute Gasteiger partial charge is 0.485 e. The molecule has 3 heterocycles. The molecule has 4 rings (SSSR count). The third-order valence-corrected chi connectivity index (χ3v) is 5.86. The Labute approximate surface area is 199 Å². The minimum Gasteiger partial charge on any atom is -0.485 e. The number of aryl methyl sites for hydroxylation is 3. The van der Waals surface area contributed by atoms with E-state index in [1.165, 1.54) is 15.1 Å². The molecule has 1 amide bonds. The lowest BCUT2D eigenvalue weighted by Gasteiger charge is -2.30. The first kappa shape index (κ1) is 24.3. The zero-order chi connectivity index (χ0) is 25.3. The van der Waals surface area contributed by atoms with Crippen LogP contribution in [0, 0.1) is 25.5 Å². The summed E-state index contributed by atoms with van der Waals surface area (Å²) >= 11 is 0. The lowest BCUT2D eigenvalue weighted by Crippen LogP contribution is -2.52.